The predicted octanol–water partition coefficient (Wildman–Crippen LogP) is 1.93. The first-order valence-corrected chi connectivity index (χ1v) is 7.52. The molecule has 1 saturated heterocycles. The van der Waals surface area contributed by atoms with Crippen LogP contribution in [0.1, 0.15) is 35.6 Å². The number of carbonyl (C=O) groups is 1. The Hall–Kier alpha value is -1.14. The lowest BCUT2D eigenvalue weighted by Crippen LogP contribution is -2.50. The number of carboxylic acids is 1. The Bertz CT molecular complexity index is 461. The summed E-state index contributed by atoms with van der Waals surface area (Å²) in [5.74, 6) is -0.852. The number of aromatic carboxylic acids is 1. The topological polar surface area (TPSA) is 56.7 Å². The lowest BCUT2D eigenvalue weighted by Gasteiger charge is -2.37. The molecule has 1 fully saturated rings. The van der Waals surface area contributed by atoms with Crippen molar-refractivity contribution in [3.8, 4) is 0 Å². The first-order valence-electron chi connectivity index (χ1n) is 6.71. The summed E-state index contributed by atoms with van der Waals surface area (Å²) in [6, 6.07) is 0.473. The Morgan fingerprint density at radius 2 is 2.26 bits per heavy atom. The van der Waals surface area contributed by atoms with Gasteiger partial charge in [-0.2, -0.15) is 0 Å². The number of aromatic nitrogens is 1. The molecule has 106 valence electrons. The molecule has 19 heavy (non-hydrogen) atoms. The van der Waals surface area contributed by atoms with Gasteiger partial charge in [-0.15, -0.1) is 0 Å². The summed E-state index contributed by atoms with van der Waals surface area (Å²) in [6.07, 6.45) is 1.66. The predicted molar refractivity (Wildman–Crippen MR) is 77.4 cm³/mol. The van der Waals surface area contributed by atoms with Gasteiger partial charge in [0.05, 0.1) is 5.69 Å². The average molecular weight is 283 g/mol. The van der Waals surface area contributed by atoms with Crippen LogP contribution in [0.2, 0.25) is 0 Å². The van der Waals surface area contributed by atoms with Gasteiger partial charge in [0.15, 0.2) is 5.13 Å². The van der Waals surface area contributed by atoms with Crippen molar-refractivity contribution in [3.05, 3.63) is 10.6 Å². The number of nitrogens with zero attached hydrogens (tertiary/aromatic N) is 3. The molecule has 5 nitrogen and oxygen atoms in total. The lowest BCUT2D eigenvalue weighted by molar-refractivity contribution is 0.0700. The minimum absolute atomic E-state index is 0.406. The highest BCUT2D eigenvalue weighted by Crippen LogP contribution is 2.28. The fourth-order valence-corrected chi connectivity index (χ4v) is 3.26. The maximum absolute atomic E-state index is 11.3. The fourth-order valence-electron chi connectivity index (χ4n) is 2.27. The normalized spacial score (nSPS) is 20.8. The molecule has 0 aromatic carbocycles. The molecule has 1 unspecified atom stereocenters. The zero-order chi connectivity index (χ0) is 14.0. The summed E-state index contributed by atoms with van der Waals surface area (Å²) in [5, 5.41) is 10.1. The molecule has 6 heteroatoms. The van der Waals surface area contributed by atoms with Gasteiger partial charge < -0.3 is 14.9 Å². The van der Waals surface area contributed by atoms with E-state index in [1.165, 1.54) is 11.3 Å². The van der Waals surface area contributed by atoms with Gasteiger partial charge >= 0.3 is 5.97 Å². The highest BCUT2D eigenvalue weighted by atomic mass is 32.1. The molecular weight excluding hydrogens is 262 g/mol. The van der Waals surface area contributed by atoms with Gasteiger partial charge in [-0.1, -0.05) is 24.7 Å². The Morgan fingerprint density at radius 3 is 2.84 bits per heavy atom. The Balaban J connectivity index is 2.20. The molecule has 0 radical (unpaired) electrons. The van der Waals surface area contributed by atoms with Gasteiger partial charge in [0, 0.05) is 25.7 Å². The zero-order valence-corrected chi connectivity index (χ0v) is 12.5. The molecule has 1 aliphatic heterocycles. The molecule has 1 atom stereocenters. The van der Waals surface area contributed by atoms with Crippen LogP contribution in [0.4, 0.5) is 5.13 Å². The van der Waals surface area contributed by atoms with Crippen molar-refractivity contribution < 1.29 is 9.90 Å². The van der Waals surface area contributed by atoms with Gasteiger partial charge in [-0.05, 0) is 20.4 Å². The minimum atomic E-state index is -0.852. The molecule has 1 aliphatic rings. The van der Waals surface area contributed by atoms with Crippen LogP contribution in [0.3, 0.4) is 0 Å². The maximum Gasteiger partial charge on any atom is 0.347 e. The standard InChI is InChI=1S/C13H21N3O2S/c1-4-5-10-11(12(17)18)19-13(14-10)16-7-6-15(3)9(2)8-16/h9H,4-8H2,1-3H3,(H,17,18). The molecule has 2 heterocycles. The smallest absolute Gasteiger partial charge is 0.347 e. The SMILES string of the molecule is CCCc1nc(N2CCN(C)C(C)C2)sc1C(=O)O. The number of rotatable bonds is 4. The van der Waals surface area contributed by atoms with Crippen molar-refractivity contribution in [2.45, 2.75) is 32.7 Å². The van der Waals surface area contributed by atoms with E-state index in [1.54, 1.807) is 0 Å². The summed E-state index contributed by atoms with van der Waals surface area (Å²) in [6.45, 7) is 7.05. The lowest BCUT2D eigenvalue weighted by atomic mass is 10.2. The Kier molecular flexibility index (Phi) is 4.42. The highest BCUT2D eigenvalue weighted by molar-refractivity contribution is 7.17. The van der Waals surface area contributed by atoms with Gasteiger partial charge in [0.2, 0.25) is 0 Å². The van der Waals surface area contributed by atoms with Crippen molar-refractivity contribution in [2.24, 2.45) is 0 Å². The number of thiazole rings is 1. The molecule has 1 N–H and O–H groups in total. The number of aryl methyl sites for hydroxylation is 1. The third-order valence-electron chi connectivity index (χ3n) is 3.60. The molecule has 0 saturated carbocycles. The van der Waals surface area contributed by atoms with Gasteiger partial charge in [-0.25, -0.2) is 9.78 Å². The molecule has 2 rings (SSSR count). The summed E-state index contributed by atoms with van der Waals surface area (Å²) in [7, 11) is 2.12. The monoisotopic (exact) mass is 283 g/mol. The molecule has 1 aromatic rings. The number of hydrogen-bond acceptors (Lipinski definition) is 5. The second-order valence-corrected chi connectivity index (χ2v) is 6.08. The quantitative estimate of drug-likeness (QED) is 0.915. The highest BCUT2D eigenvalue weighted by Gasteiger charge is 2.25. The van der Waals surface area contributed by atoms with E-state index in [0.29, 0.717) is 10.9 Å². The Labute approximate surface area is 117 Å². The van der Waals surface area contributed by atoms with Crippen LogP contribution in [-0.2, 0) is 6.42 Å². The minimum Gasteiger partial charge on any atom is -0.477 e. The largest absolute Gasteiger partial charge is 0.477 e. The van der Waals surface area contributed by atoms with Gasteiger partial charge in [0.25, 0.3) is 0 Å². The molecule has 0 aliphatic carbocycles. The van der Waals surface area contributed by atoms with Crippen molar-refractivity contribution in [3.63, 3.8) is 0 Å². The summed E-state index contributed by atoms with van der Waals surface area (Å²) in [4.78, 5) is 20.7. The van der Waals surface area contributed by atoms with E-state index in [2.05, 4.69) is 28.8 Å². The molecule has 1 aromatic heterocycles. The number of anilines is 1. The van der Waals surface area contributed by atoms with Crippen molar-refractivity contribution in [1.82, 2.24) is 9.88 Å². The van der Waals surface area contributed by atoms with E-state index < -0.39 is 5.97 Å². The number of hydrogen-bond donors (Lipinski definition) is 1. The van der Waals surface area contributed by atoms with E-state index in [0.717, 1.165) is 43.3 Å². The first kappa shape index (κ1) is 14.3. The van der Waals surface area contributed by atoms with Crippen LogP contribution in [0.25, 0.3) is 0 Å². The number of likely N-dealkylation sites (N-methyl/N-ethyl adjacent to an activating group) is 1. The number of piperazine rings is 1. The Morgan fingerprint density at radius 1 is 1.53 bits per heavy atom. The van der Waals surface area contributed by atoms with E-state index in [1.807, 2.05) is 6.92 Å². The fraction of sp³-hybridized carbons (Fsp3) is 0.692. The van der Waals surface area contributed by atoms with Crippen LogP contribution < -0.4 is 4.90 Å². The molecule has 0 spiro atoms. The van der Waals surface area contributed by atoms with Gasteiger partial charge in [-0.3, -0.25) is 0 Å². The summed E-state index contributed by atoms with van der Waals surface area (Å²) in [5.41, 5.74) is 0.738. The second-order valence-electron chi connectivity index (χ2n) is 5.10. The van der Waals surface area contributed by atoms with Crippen LogP contribution in [0, 0.1) is 0 Å². The second kappa shape index (κ2) is 5.88. The van der Waals surface area contributed by atoms with Crippen molar-refractivity contribution >= 4 is 22.4 Å². The van der Waals surface area contributed by atoms with E-state index in [-0.39, 0.29) is 0 Å². The van der Waals surface area contributed by atoms with Crippen molar-refractivity contribution in [2.75, 3.05) is 31.6 Å². The maximum atomic E-state index is 11.3. The molecule has 0 bridgehead atoms. The molecular formula is C13H21N3O2S. The zero-order valence-electron chi connectivity index (χ0n) is 11.7. The summed E-state index contributed by atoms with van der Waals surface area (Å²) >= 11 is 1.31. The molecule has 0 amide bonds. The van der Waals surface area contributed by atoms with Crippen LogP contribution in [0.5, 0.6) is 0 Å². The average Bonchev–Trinajstić information content (AvgIpc) is 2.77. The van der Waals surface area contributed by atoms with E-state index >= 15 is 0 Å². The van der Waals surface area contributed by atoms with Crippen LogP contribution in [-0.4, -0.2) is 53.7 Å². The van der Waals surface area contributed by atoms with Crippen LogP contribution >= 0.6 is 11.3 Å². The third-order valence-corrected chi connectivity index (χ3v) is 4.74. The van der Waals surface area contributed by atoms with Crippen LogP contribution in [0.15, 0.2) is 0 Å². The van der Waals surface area contributed by atoms with E-state index in [9.17, 15) is 9.90 Å². The van der Waals surface area contributed by atoms with Gasteiger partial charge in [0.1, 0.15) is 4.88 Å². The van der Waals surface area contributed by atoms with E-state index in [4.69, 9.17) is 0 Å². The first-order chi connectivity index (χ1) is 9.02. The van der Waals surface area contributed by atoms with Crippen molar-refractivity contribution in [1.29, 1.82) is 0 Å². The third kappa shape index (κ3) is 3.06. The summed E-state index contributed by atoms with van der Waals surface area (Å²) < 4.78 is 0. The number of carboxylic acid groups (broad SMARTS) is 1.